The Morgan fingerprint density at radius 2 is 2.06 bits per heavy atom. The highest BCUT2D eigenvalue weighted by atomic mass is 16.4. The predicted octanol–water partition coefficient (Wildman–Crippen LogP) is 2.66. The molecule has 2 aromatic rings. The molecule has 1 heterocycles. The quantitative estimate of drug-likeness (QED) is 0.849. The van der Waals surface area contributed by atoms with E-state index in [1.807, 2.05) is 12.1 Å². The van der Waals surface area contributed by atoms with Gasteiger partial charge in [0.25, 0.3) is 0 Å². The molecule has 4 heteroatoms. The molecule has 0 atom stereocenters. The minimum atomic E-state index is -0.880. The lowest BCUT2D eigenvalue weighted by Gasteiger charge is -2.01. The van der Waals surface area contributed by atoms with Crippen molar-refractivity contribution in [2.45, 2.75) is 26.2 Å². The summed E-state index contributed by atoms with van der Waals surface area (Å²) in [5.41, 5.74) is 3.19. The molecule has 0 aliphatic carbocycles. The lowest BCUT2D eigenvalue weighted by molar-refractivity contribution is -0.136. The zero-order chi connectivity index (χ0) is 13.0. The Morgan fingerprint density at radius 3 is 2.67 bits per heavy atom. The van der Waals surface area contributed by atoms with Gasteiger partial charge in [-0.1, -0.05) is 37.6 Å². The molecule has 0 saturated carbocycles. The van der Waals surface area contributed by atoms with Gasteiger partial charge in [0.1, 0.15) is 12.2 Å². The Kier molecular flexibility index (Phi) is 3.77. The first-order valence-electron chi connectivity index (χ1n) is 6.04. The summed E-state index contributed by atoms with van der Waals surface area (Å²) in [6.07, 6.45) is 3.81. The average Bonchev–Trinajstić information content (AvgIpc) is 2.78. The Morgan fingerprint density at radius 1 is 1.33 bits per heavy atom. The standard InChI is InChI=1S/C14H16N2O2/c1-2-3-10-4-6-11(7-5-10)12-9-15-13(16-12)8-14(17)18/h4-7,9H,2-3,8H2,1H3,(H,15,16)(H,17,18). The zero-order valence-corrected chi connectivity index (χ0v) is 10.3. The number of benzene rings is 1. The topological polar surface area (TPSA) is 66.0 Å². The fourth-order valence-corrected chi connectivity index (χ4v) is 1.88. The fourth-order valence-electron chi connectivity index (χ4n) is 1.88. The van der Waals surface area contributed by atoms with Crippen LogP contribution in [0.4, 0.5) is 0 Å². The lowest BCUT2D eigenvalue weighted by Crippen LogP contribution is -2.01. The van der Waals surface area contributed by atoms with Gasteiger partial charge in [-0.3, -0.25) is 4.79 Å². The maximum atomic E-state index is 10.6. The van der Waals surface area contributed by atoms with Crippen LogP contribution in [0.15, 0.2) is 30.5 Å². The second-order valence-electron chi connectivity index (χ2n) is 4.26. The van der Waals surface area contributed by atoms with E-state index in [9.17, 15) is 4.79 Å². The van der Waals surface area contributed by atoms with Crippen molar-refractivity contribution in [1.82, 2.24) is 9.97 Å². The molecule has 1 aromatic heterocycles. The second kappa shape index (κ2) is 5.49. The van der Waals surface area contributed by atoms with Gasteiger partial charge in [-0.25, -0.2) is 4.98 Å². The van der Waals surface area contributed by atoms with Gasteiger partial charge in [0, 0.05) is 0 Å². The number of hydrogen-bond acceptors (Lipinski definition) is 2. The van der Waals surface area contributed by atoms with Crippen LogP contribution in [0, 0.1) is 0 Å². The minimum absolute atomic E-state index is 0.0755. The Labute approximate surface area is 106 Å². The number of aryl methyl sites for hydroxylation is 1. The molecule has 0 spiro atoms. The van der Waals surface area contributed by atoms with Gasteiger partial charge in [-0.05, 0) is 17.5 Å². The second-order valence-corrected chi connectivity index (χ2v) is 4.26. The normalized spacial score (nSPS) is 10.5. The van der Waals surface area contributed by atoms with E-state index >= 15 is 0 Å². The monoisotopic (exact) mass is 244 g/mol. The summed E-state index contributed by atoms with van der Waals surface area (Å²) in [7, 11) is 0. The SMILES string of the molecule is CCCc1ccc(-c2cnc(CC(=O)O)[nH]2)cc1. The third-order valence-electron chi connectivity index (χ3n) is 2.75. The van der Waals surface area contributed by atoms with Crippen LogP contribution in [0.5, 0.6) is 0 Å². The zero-order valence-electron chi connectivity index (χ0n) is 10.3. The van der Waals surface area contributed by atoms with Gasteiger partial charge in [-0.15, -0.1) is 0 Å². The summed E-state index contributed by atoms with van der Waals surface area (Å²) >= 11 is 0. The highest BCUT2D eigenvalue weighted by molar-refractivity contribution is 5.69. The summed E-state index contributed by atoms with van der Waals surface area (Å²) in [6, 6.07) is 8.25. The molecule has 0 fully saturated rings. The van der Waals surface area contributed by atoms with Crippen LogP contribution >= 0.6 is 0 Å². The van der Waals surface area contributed by atoms with E-state index in [4.69, 9.17) is 5.11 Å². The first kappa shape index (κ1) is 12.4. The number of carbonyl (C=O) groups is 1. The number of aromatic nitrogens is 2. The van der Waals surface area contributed by atoms with Gasteiger partial charge in [-0.2, -0.15) is 0 Å². The Balaban J connectivity index is 2.15. The summed E-state index contributed by atoms with van der Waals surface area (Å²) < 4.78 is 0. The first-order chi connectivity index (χ1) is 8.69. The third-order valence-corrected chi connectivity index (χ3v) is 2.75. The van der Waals surface area contributed by atoms with E-state index in [1.54, 1.807) is 6.20 Å². The molecular weight excluding hydrogens is 228 g/mol. The van der Waals surface area contributed by atoms with E-state index in [2.05, 4.69) is 29.0 Å². The Bertz CT molecular complexity index is 529. The summed E-state index contributed by atoms with van der Waals surface area (Å²) in [5, 5.41) is 8.68. The van der Waals surface area contributed by atoms with Gasteiger partial charge >= 0.3 is 5.97 Å². The minimum Gasteiger partial charge on any atom is -0.481 e. The van der Waals surface area contributed by atoms with Crippen molar-refractivity contribution < 1.29 is 9.90 Å². The van der Waals surface area contributed by atoms with Crippen molar-refractivity contribution in [1.29, 1.82) is 0 Å². The number of imidazole rings is 1. The van der Waals surface area contributed by atoms with Gasteiger partial charge in [0.15, 0.2) is 0 Å². The van der Waals surface area contributed by atoms with Crippen molar-refractivity contribution >= 4 is 5.97 Å². The molecule has 2 rings (SSSR count). The molecule has 0 aliphatic rings. The number of hydrogen-bond donors (Lipinski definition) is 2. The number of aliphatic carboxylic acids is 1. The Hall–Kier alpha value is -2.10. The molecule has 4 nitrogen and oxygen atoms in total. The van der Waals surface area contributed by atoms with Crippen molar-refractivity contribution in [3.63, 3.8) is 0 Å². The number of aromatic amines is 1. The molecule has 18 heavy (non-hydrogen) atoms. The van der Waals surface area contributed by atoms with Crippen molar-refractivity contribution in [3.8, 4) is 11.3 Å². The number of nitrogens with zero attached hydrogens (tertiary/aromatic N) is 1. The van der Waals surface area contributed by atoms with E-state index in [0.29, 0.717) is 5.82 Å². The first-order valence-corrected chi connectivity index (χ1v) is 6.04. The van der Waals surface area contributed by atoms with Crippen LogP contribution in [0.1, 0.15) is 24.7 Å². The van der Waals surface area contributed by atoms with E-state index in [1.165, 1.54) is 5.56 Å². The van der Waals surface area contributed by atoms with E-state index in [-0.39, 0.29) is 6.42 Å². The van der Waals surface area contributed by atoms with Crippen LogP contribution in [0.3, 0.4) is 0 Å². The number of carboxylic acids is 1. The summed E-state index contributed by atoms with van der Waals surface area (Å²) in [4.78, 5) is 17.6. The summed E-state index contributed by atoms with van der Waals surface area (Å²) in [5.74, 6) is -0.399. The van der Waals surface area contributed by atoms with Crippen LogP contribution in [0.2, 0.25) is 0 Å². The molecule has 0 bridgehead atoms. The molecule has 0 amide bonds. The van der Waals surface area contributed by atoms with Crippen LogP contribution in [-0.2, 0) is 17.6 Å². The van der Waals surface area contributed by atoms with Gasteiger partial charge in [0.05, 0.1) is 11.9 Å². The molecule has 0 radical (unpaired) electrons. The lowest BCUT2D eigenvalue weighted by atomic mass is 10.1. The van der Waals surface area contributed by atoms with Gasteiger partial charge in [0.2, 0.25) is 0 Å². The van der Waals surface area contributed by atoms with Crippen LogP contribution in [-0.4, -0.2) is 21.0 Å². The molecular formula is C14H16N2O2. The fraction of sp³-hybridized carbons (Fsp3) is 0.286. The molecule has 2 N–H and O–H groups in total. The highest BCUT2D eigenvalue weighted by Gasteiger charge is 2.06. The largest absolute Gasteiger partial charge is 0.481 e. The maximum absolute atomic E-state index is 10.6. The smallest absolute Gasteiger partial charge is 0.311 e. The third kappa shape index (κ3) is 2.97. The number of H-pyrrole nitrogens is 1. The molecule has 0 saturated heterocycles. The van der Waals surface area contributed by atoms with Crippen LogP contribution < -0.4 is 0 Å². The average molecular weight is 244 g/mol. The summed E-state index contributed by atoms with van der Waals surface area (Å²) in [6.45, 7) is 2.15. The number of rotatable bonds is 5. The van der Waals surface area contributed by atoms with Crippen molar-refractivity contribution in [2.24, 2.45) is 0 Å². The van der Waals surface area contributed by atoms with E-state index in [0.717, 1.165) is 24.1 Å². The number of carboxylic acid groups (broad SMARTS) is 1. The molecule has 0 unspecified atom stereocenters. The molecule has 1 aromatic carbocycles. The highest BCUT2D eigenvalue weighted by Crippen LogP contribution is 2.18. The van der Waals surface area contributed by atoms with Gasteiger partial charge < -0.3 is 10.1 Å². The molecule has 94 valence electrons. The maximum Gasteiger partial charge on any atom is 0.311 e. The number of nitrogens with one attached hydrogen (secondary N) is 1. The predicted molar refractivity (Wildman–Crippen MR) is 69.4 cm³/mol. The van der Waals surface area contributed by atoms with Crippen LogP contribution in [0.25, 0.3) is 11.3 Å². The van der Waals surface area contributed by atoms with Crippen molar-refractivity contribution in [3.05, 3.63) is 41.9 Å². The molecule has 0 aliphatic heterocycles. The van der Waals surface area contributed by atoms with E-state index < -0.39 is 5.97 Å². The van der Waals surface area contributed by atoms with Crippen molar-refractivity contribution in [2.75, 3.05) is 0 Å².